The van der Waals surface area contributed by atoms with Gasteiger partial charge in [0.05, 0.1) is 50.3 Å². The van der Waals surface area contributed by atoms with Crippen LogP contribution in [0, 0.1) is 0 Å². The molecule has 1 N–H and O–H groups in total. The van der Waals surface area contributed by atoms with Crippen LogP contribution in [-0.2, 0) is 10.0 Å². The number of halogens is 1. The third kappa shape index (κ3) is 3.02. The summed E-state index contributed by atoms with van der Waals surface area (Å²) in [7, 11) is 0.0804. The van der Waals surface area contributed by atoms with E-state index in [2.05, 4.69) is 7.05 Å². The summed E-state index contributed by atoms with van der Waals surface area (Å²) in [5, 5.41) is 0.407. The van der Waals surface area contributed by atoms with E-state index in [1.54, 1.807) is 6.07 Å². The van der Waals surface area contributed by atoms with Gasteiger partial charge in [0.25, 0.3) is 0 Å². The van der Waals surface area contributed by atoms with Crippen LogP contribution >= 0.6 is 11.6 Å². The van der Waals surface area contributed by atoms with Crippen molar-refractivity contribution in [2.45, 2.75) is 4.90 Å². The van der Waals surface area contributed by atoms with Crippen LogP contribution in [0.3, 0.4) is 0 Å². The Hall–Kier alpha value is -0.820. The molecule has 1 heterocycles. The first kappa shape index (κ1) is 14.6. The number of nitrogens with zero attached hydrogens (tertiary/aromatic N) is 1. The number of rotatable bonds is 3. The molecule has 0 atom stereocenters. The summed E-state index contributed by atoms with van der Waals surface area (Å²) in [4.78, 5) is 1.58. The lowest BCUT2D eigenvalue weighted by Gasteiger charge is -2.29. The maximum absolute atomic E-state index is 12.5. The minimum atomic E-state index is -3.45. The van der Waals surface area contributed by atoms with Gasteiger partial charge < -0.3 is 9.64 Å². The van der Waals surface area contributed by atoms with Crippen LogP contribution in [0.5, 0.6) is 5.75 Å². The number of methoxy groups -OCH3 is 1. The summed E-state index contributed by atoms with van der Waals surface area (Å²) in [6.45, 7) is 2.73. The maximum Gasteiger partial charge on any atom is 0.243 e. The molecule has 0 bridgehead atoms. The van der Waals surface area contributed by atoms with Gasteiger partial charge in [0.1, 0.15) is 5.75 Å². The second kappa shape index (κ2) is 5.66. The number of sulfonamides is 1. The molecule has 0 aromatic heterocycles. The third-order valence-electron chi connectivity index (χ3n) is 3.34. The third-order valence-corrected chi connectivity index (χ3v) is 5.54. The summed E-state index contributed by atoms with van der Waals surface area (Å²) in [6.07, 6.45) is 0. The molecule has 1 aliphatic heterocycles. The minimum absolute atomic E-state index is 0.230. The first-order chi connectivity index (χ1) is 8.95. The van der Waals surface area contributed by atoms with Crippen molar-refractivity contribution < 1.29 is 18.1 Å². The molecule has 7 heteroatoms. The molecule has 19 heavy (non-hydrogen) atoms. The van der Waals surface area contributed by atoms with E-state index in [1.807, 2.05) is 0 Å². The molecule has 106 valence electrons. The second-order valence-corrected chi connectivity index (χ2v) is 7.00. The Bertz CT molecular complexity index is 554. The zero-order chi connectivity index (χ0) is 14.0. The zero-order valence-electron chi connectivity index (χ0n) is 11.0. The van der Waals surface area contributed by atoms with Crippen molar-refractivity contribution in [1.29, 1.82) is 0 Å². The van der Waals surface area contributed by atoms with E-state index in [-0.39, 0.29) is 4.90 Å². The Labute approximate surface area is 118 Å². The van der Waals surface area contributed by atoms with E-state index < -0.39 is 10.0 Å². The Morgan fingerprint density at radius 1 is 1.32 bits per heavy atom. The molecule has 0 aliphatic carbocycles. The van der Waals surface area contributed by atoms with Crippen molar-refractivity contribution in [3.63, 3.8) is 0 Å². The second-order valence-electron chi connectivity index (χ2n) is 4.66. The van der Waals surface area contributed by atoms with Crippen molar-refractivity contribution in [1.82, 2.24) is 4.31 Å². The van der Waals surface area contributed by atoms with Gasteiger partial charge in [-0.25, -0.2) is 8.42 Å². The number of benzene rings is 1. The van der Waals surface area contributed by atoms with Crippen molar-refractivity contribution in [2.24, 2.45) is 0 Å². The SMILES string of the molecule is COc1cc(S(=O)(=O)N2CC[NH+](C)CC2)ccc1Cl. The van der Waals surface area contributed by atoms with Crippen molar-refractivity contribution >= 4 is 21.6 Å². The average molecular weight is 306 g/mol. The van der Waals surface area contributed by atoms with Gasteiger partial charge in [-0.15, -0.1) is 0 Å². The molecule has 1 aliphatic rings. The summed E-state index contributed by atoms with van der Waals surface area (Å²) < 4.78 is 31.6. The van der Waals surface area contributed by atoms with Crippen LogP contribution in [0.1, 0.15) is 0 Å². The predicted octanol–water partition coefficient (Wildman–Crippen LogP) is -0.132. The van der Waals surface area contributed by atoms with E-state index in [4.69, 9.17) is 16.3 Å². The van der Waals surface area contributed by atoms with Crippen LogP contribution in [0.25, 0.3) is 0 Å². The molecule has 0 radical (unpaired) electrons. The van der Waals surface area contributed by atoms with Gasteiger partial charge in [-0.2, -0.15) is 4.31 Å². The average Bonchev–Trinajstić information content (AvgIpc) is 2.39. The molecule has 1 fully saturated rings. The number of piperazine rings is 1. The van der Waals surface area contributed by atoms with Crippen LogP contribution < -0.4 is 9.64 Å². The number of hydrogen-bond acceptors (Lipinski definition) is 3. The number of hydrogen-bond donors (Lipinski definition) is 1. The lowest BCUT2D eigenvalue weighted by molar-refractivity contribution is -0.883. The van der Waals surface area contributed by atoms with Crippen LogP contribution in [0.2, 0.25) is 5.02 Å². The Morgan fingerprint density at radius 3 is 2.53 bits per heavy atom. The summed E-state index contributed by atoms with van der Waals surface area (Å²) in [6, 6.07) is 4.54. The lowest BCUT2D eigenvalue weighted by Crippen LogP contribution is -3.12. The maximum atomic E-state index is 12.5. The summed E-state index contributed by atoms with van der Waals surface area (Å²) >= 11 is 5.91. The first-order valence-electron chi connectivity index (χ1n) is 6.10. The molecule has 0 amide bonds. The Kier molecular flexibility index (Phi) is 4.35. The standard InChI is InChI=1S/C12H17ClN2O3S/c1-14-5-7-15(8-6-14)19(16,17)10-3-4-11(13)12(9-10)18-2/h3-4,9H,5-8H2,1-2H3/p+1. The van der Waals surface area contributed by atoms with Gasteiger partial charge in [-0.05, 0) is 12.1 Å². The number of ether oxygens (including phenoxy) is 1. The van der Waals surface area contributed by atoms with E-state index >= 15 is 0 Å². The van der Waals surface area contributed by atoms with Gasteiger partial charge >= 0.3 is 0 Å². The van der Waals surface area contributed by atoms with Crippen molar-refractivity contribution in [2.75, 3.05) is 40.3 Å². The summed E-state index contributed by atoms with van der Waals surface area (Å²) in [5.74, 6) is 0.377. The molecule has 1 aromatic carbocycles. The molecule has 2 rings (SSSR count). The molecule has 0 spiro atoms. The van der Waals surface area contributed by atoms with Crippen LogP contribution in [0.15, 0.2) is 23.1 Å². The number of quaternary nitrogens is 1. The van der Waals surface area contributed by atoms with Crippen molar-refractivity contribution in [3.05, 3.63) is 23.2 Å². The topological polar surface area (TPSA) is 51.1 Å². The number of likely N-dealkylation sites (N-methyl/N-ethyl adjacent to an activating group) is 1. The highest BCUT2D eigenvalue weighted by Crippen LogP contribution is 2.28. The smallest absolute Gasteiger partial charge is 0.243 e. The Balaban J connectivity index is 2.29. The molecule has 1 saturated heterocycles. The molecular formula is C12H18ClN2O3S+. The lowest BCUT2D eigenvalue weighted by atomic mass is 10.3. The normalized spacial score (nSPS) is 18.5. The number of nitrogens with one attached hydrogen (secondary N) is 1. The van der Waals surface area contributed by atoms with Crippen LogP contribution in [0.4, 0.5) is 0 Å². The van der Waals surface area contributed by atoms with E-state index in [9.17, 15) is 8.42 Å². The van der Waals surface area contributed by atoms with Gasteiger partial charge in [0.15, 0.2) is 0 Å². The highest BCUT2D eigenvalue weighted by molar-refractivity contribution is 7.89. The fourth-order valence-electron chi connectivity index (χ4n) is 2.06. The van der Waals surface area contributed by atoms with Gasteiger partial charge in [-0.3, -0.25) is 0 Å². The van der Waals surface area contributed by atoms with Crippen molar-refractivity contribution in [3.8, 4) is 5.75 Å². The highest BCUT2D eigenvalue weighted by atomic mass is 35.5. The Morgan fingerprint density at radius 2 is 1.95 bits per heavy atom. The van der Waals surface area contributed by atoms with E-state index in [0.29, 0.717) is 23.9 Å². The monoisotopic (exact) mass is 305 g/mol. The molecule has 1 aromatic rings. The van der Waals surface area contributed by atoms with E-state index in [0.717, 1.165) is 13.1 Å². The zero-order valence-corrected chi connectivity index (χ0v) is 12.6. The van der Waals surface area contributed by atoms with Gasteiger partial charge in [0.2, 0.25) is 10.0 Å². The quantitative estimate of drug-likeness (QED) is 0.846. The molecule has 0 saturated carbocycles. The largest absolute Gasteiger partial charge is 0.495 e. The summed E-state index contributed by atoms with van der Waals surface area (Å²) in [5.41, 5.74) is 0. The molecule has 5 nitrogen and oxygen atoms in total. The van der Waals surface area contributed by atoms with E-state index in [1.165, 1.54) is 28.4 Å². The van der Waals surface area contributed by atoms with Gasteiger partial charge in [-0.1, -0.05) is 11.6 Å². The molecule has 0 unspecified atom stereocenters. The van der Waals surface area contributed by atoms with Gasteiger partial charge in [0, 0.05) is 6.07 Å². The predicted molar refractivity (Wildman–Crippen MR) is 73.4 cm³/mol. The fraction of sp³-hybridized carbons (Fsp3) is 0.500. The highest BCUT2D eigenvalue weighted by Gasteiger charge is 2.29. The molecular weight excluding hydrogens is 288 g/mol. The minimum Gasteiger partial charge on any atom is -0.495 e. The van der Waals surface area contributed by atoms with Crippen LogP contribution in [-0.4, -0.2) is 53.1 Å². The first-order valence-corrected chi connectivity index (χ1v) is 7.92. The fourth-order valence-corrected chi connectivity index (χ4v) is 3.71.